The molecule has 0 radical (unpaired) electrons. The van der Waals surface area contributed by atoms with Crippen LogP contribution in [0, 0.1) is 0 Å². The molecule has 0 saturated carbocycles. The van der Waals surface area contributed by atoms with Gasteiger partial charge in [-0.1, -0.05) is 23.2 Å². The van der Waals surface area contributed by atoms with Crippen molar-refractivity contribution >= 4 is 29.2 Å². The molecular formula is C9H6Cl2N4O2. The van der Waals surface area contributed by atoms with Gasteiger partial charge in [0.1, 0.15) is 0 Å². The zero-order chi connectivity index (χ0) is 12.4. The van der Waals surface area contributed by atoms with E-state index < -0.39 is 5.97 Å². The van der Waals surface area contributed by atoms with Crippen LogP contribution in [0.5, 0.6) is 0 Å². The minimum absolute atomic E-state index is 0.0708. The second kappa shape index (κ2) is 4.68. The lowest BCUT2D eigenvalue weighted by atomic mass is 10.5. The summed E-state index contributed by atoms with van der Waals surface area (Å²) in [6.45, 7) is 0. The average molecular weight is 273 g/mol. The van der Waals surface area contributed by atoms with Crippen molar-refractivity contribution in [1.29, 1.82) is 0 Å². The van der Waals surface area contributed by atoms with E-state index in [-0.39, 0.29) is 16.7 Å². The van der Waals surface area contributed by atoms with Crippen molar-refractivity contribution in [2.75, 3.05) is 7.11 Å². The van der Waals surface area contributed by atoms with Gasteiger partial charge in [-0.25, -0.2) is 9.78 Å². The fourth-order valence-electron chi connectivity index (χ4n) is 1.13. The quantitative estimate of drug-likeness (QED) is 0.779. The van der Waals surface area contributed by atoms with Gasteiger partial charge in [-0.05, 0) is 12.1 Å². The number of halogens is 2. The Kier molecular flexibility index (Phi) is 3.26. The summed E-state index contributed by atoms with van der Waals surface area (Å²) < 4.78 is 4.50. The average Bonchev–Trinajstić information content (AvgIpc) is 2.71. The lowest BCUT2D eigenvalue weighted by Gasteiger charge is -1.99. The van der Waals surface area contributed by atoms with Crippen LogP contribution in [0.25, 0.3) is 5.82 Å². The van der Waals surface area contributed by atoms with Gasteiger partial charge in [0.25, 0.3) is 0 Å². The number of aromatic nitrogens is 4. The van der Waals surface area contributed by atoms with Gasteiger partial charge in [-0.15, -0.1) is 15.0 Å². The molecule has 2 rings (SSSR count). The van der Waals surface area contributed by atoms with Gasteiger partial charge in [-0.2, -0.15) is 0 Å². The van der Waals surface area contributed by atoms with Crippen LogP contribution in [0.2, 0.25) is 10.2 Å². The number of carbonyl (C=O) groups is 1. The van der Waals surface area contributed by atoms with Gasteiger partial charge in [0.15, 0.2) is 11.0 Å². The summed E-state index contributed by atoms with van der Waals surface area (Å²) in [4.78, 5) is 16.4. The lowest BCUT2D eigenvalue weighted by Crippen LogP contribution is -2.06. The predicted molar refractivity (Wildman–Crippen MR) is 60.5 cm³/mol. The molecule has 0 aromatic carbocycles. The summed E-state index contributed by atoms with van der Waals surface area (Å²) in [6.07, 6.45) is 1.52. The van der Waals surface area contributed by atoms with Crippen molar-refractivity contribution in [2.24, 2.45) is 0 Å². The van der Waals surface area contributed by atoms with Gasteiger partial charge in [0.2, 0.25) is 5.69 Å². The number of hydrogen-bond donors (Lipinski definition) is 0. The van der Waals surface area contributed by atoms with Gasteiger partial charge < -0.3 is 4.74 Å². The molecule has 2 aromatic heterocycles. The van der Waals surface area contributed by atoms with Crippen molar-refractivity contribution in [3.8, 4) is 5.82 Å². The van der Waals surface area contributed by atoms with E-state index in [0.717, 1.165) is 4.80 Å². The number of hydrogen-bond acceptors (Lipinski definition) is 5. The molecule has 0 aliphatic heterocycles. The Labute approximate surface area is 106 Å². The molecule has 6 nitrogen and oxygen atoms in total. The molecule has 0 saturated heterocycles. The fourth-order valence-corrected chi connectivity index (χ4v) is 1.51. The van der Waals surface area contributed by atoms with Gasteiger partial charge in [-0.3, -0.25) is 0 Å². The second-order valence-electron chi connectivity index (χ2n) is 2.93. The normalized spacial score (nSPS) is 10.3. The first-order valence-electron chi connectivity index (χ1n) is 4.45. The number of esters is 1. The molecule has 88 valence electrons. The number of carbonyl (C=O) groups excluding carboxylic acids is 1. The van der Waals surface area contributed by atoms with E-state index in [2.05, 4.69) is 19.9 Å². The summed E-state index contributed by atoms with van der Waals surface area (Å²) in [5, 5.41) is 7.97. The Balaban J connectivity index is 2.49. The zero-order valence-electron chi connectivity index (χ0n) is 8.59. The Morgan fingerprint density at radius 1 is 1.41 bits per heavy atom. The van der Waals surface area contributed by atoms with Crippen LogP contribution in [0.3, 0.4) is 0 Å². The van der Waals surface area contributed by atoms with E-state index >= 15 is 0 Å². The minimum Gasteiger partial charge on any atom is -0.464 e. The summed E-state index contributed by atoms with van der Waals surface area (Å²) in [6, 6.07) is 3.29. The Morgan fingerprint density at radius 3 is 2.82 bits per heavy atom. The molecule has 2 aromatic rings. The molecule has 0 bridgehead atoms. The van der Waals surface area contributed by atoms with Crippen LogP contribution in [-0.4, -0.2) is 33.1 Å². The van der Waals surface area contributed by atoms with Crippen LogP contribution in [0.4, 0.5) is 0 Å². The number of ether oxygens (including phenoxy) is 1. The van der Waals surface area contributed by atoms with Crippen LogP contribution in [-0.2, 0) is 4.74 Å². The molecule has 0 amide bonds. The topological polar surface area (TPSA) is 69.9 Å². The molecule has 0 spiro atoms. The van der Waals surface area contributed by atoms with Crippen LogP contribution < -0.4 is 0 Å². The van der Waals surface area contributed by atoms with Gasteiger partial charge in [0, 0.05) is 6.20 Å². The summed E-state index contributed by atoms with van der Waals surface area (Å²) in [5.41, 5.74) is -0.0871. The first kappa shape index (κ1) is 11.8. The SMILES string of the molecule is COC(=O)c1nn(-c2ncccc2Cl)nc1Cl. The summed E-state index contributed by atoms with van der Waals surface area (Å²) in [5.74, 6) is -0.389. The highest BCUT2D eigenvalue weighted by Crippen LogP contribution is 2.18. The van der Waals surface area contributed by atoms with Gasteiger partial charge in [0.05, 0.1) is 12.1 Å². The molecule has 0 atom stereocenters. The van der Waals surface area contributed by atoms with E-state index in [1.807, 2.05) is 0 Å². The molecule has 0 aliphatic carbocycles. The molecular weight excluding hydrogens is 267 g/mol. The molecule has 17 heavy (non-hydrogen) atoms. The fraction of sp³-hybridized carbons (Fsp3) is 0.111. The van der Waals surface area contributed by atoms with Crippen molar-refractivity contribution in [3.05, 3.63) is 34.2 Å². The smallest absolute Gasteiger partial charge is 0.361 e. The van der Waals surface area contributed by atoms with Gasteiger partial charge >= 0.3 is 5.97 Å². The second-order valence-corrected chi connectivity index (χ2v) is 3.69. The Bertz CT molecular complexity index is 570. The standard InChI is InChI=1S/C9H6Cl2N4O2/c1-17-9(16)6-7(11)14-15(13-6)8-5(10)3-2-4-12-8/h2-4H,1H3. The van der Waals surface area contributed by atoms with E-state index in [1.54, 1.807) is 12.1 Å². The first-order chi connectivity index (χ1) is 8.13. The summed E-state index contributed by atoms with van der Waals surface area (Å²) >= 11 is 11.7. The van der Waals surface area contributed by atoms with Crippen molar-refractivity contribution in [3.63, 3.8) is 0 Å². The first-order valence-corrected chi connectivity index (χ1v) is 5.21. The van der Waals surface area contributed by atoms with Crippen LogP contribution in [0.15, 0.2) is 18.3 Å². The third-order valence-electron chi connectivity index (χ3n) is 1.88. The number of methoxy groups -OCH3 is 1. The van der Waals surface area contributed by atoms with E-state index in [4.69, 9.17) is 23.2 Å². The highest BCUT2D eigenvalue weighted by Gasteiger charge is 2.19. The molecule has 2 heterocycles. The number of pyridine rings is 1. The molecule has 0 unspecified atom stereocenters. The maximum absolute atomic E-state index is 11.3. The lowest BCUT2D eigenvalue weighted by molar-refractivity contribution is 0.0593. The van der Waals surface area contributed by atoms with Crippen LogP contribution >= 0.6 is 23.2 Å². The maximum Gasteiger partial charge on any atom is 0.361 e. The van der Waals surface area contributed by atoms with E-state index in [0.29, 0.717) is 5.02 Å². The molecule has 8 heteroatoms. The molecule has 0 N–H and O–H groups in total. The monoisotopic (exact) mass is 272 g/mol. The largest absolute Gasteiger partial charge is 0.464 e. The number of rotatable bonds is 2. The highest BCUT2D eigenvalue weighted by molar-refractivity contribution is 6.32. The predicted octanol–water partition coefficient (Wildman–Crippen LogP) is 1.76. The third-order valence-corrected chi connectivity index (χ3v) is 2.43. The Hall–Kier alpha value is -1.66. The molecule has 0 aliphatic rings. The summed E-state index contributed by atoms with van der Waals surface area (Å²) in [7, 11) is 1.23. The van der Waals surface area contributed by atoms with Crippen LogP contribution in [0.1, 0.15) is 10.5 Å². The van der Waals surface area contributed by atoms with Crippen molar-refractivity contribution in [1.82, 2.24) is 20.0 Å². The van der Waals surface area contributed by atoms with Crippen molar-refractivity contribution in [2.45, 2.75) is 0 Å². The molecule has 0 fully saturated rings. The maximum atomic E-state index is 11.3. The third kappa shape index (κ3) is 2.22. The van der Waals surface area contributed by atoms with E-state index in [1.165, 1.54) is 13.3 Å². The highest BCUT2D eigenvalue weighted by atomic mass is 35.5. The van der Waals surface area contributed by atoms with E-state index in [9.17, 15) is 4.79 Å². The zero-order valence-corrected chi connectivity index (χ0v) is 10.1. The number of nitrogens with zero attached hydrogens (tertiary/aromatic N) is 4. The minimum atomic E-state index is -0.673. The Morgan fingerprint density at radius 2 is 2.18 bits per heavy atom. The van der Waals surface area contributed by atoms with Crippen molar-refractivity contribution < 1.29 is 9.53 Å².